The molecule has 1 fully saturated rings. The number of hydrogen-bond acceptors (Lipinski definition) is 3. The number of rotatable bonds is 3. The van der Waals surface area contributed by atoms with E-state index in [0.717, 1.165) is 46.3 Å². The SMILES string of the molecule is Cc1cc(C)cc(N2C(=O)c3cc4sccc4n3CC2(C)C(=O)NC2CCCCC2C)c1. The first-order valence-corrected chi connectivity index (χ1v) is 12.5. The summed E-state index contributed by atoms with van der Waals surface area (Å²) in [5.74, 6) is 0.279. The molecular formula is C26H31N3O2S. The molecule has 2 amide bonds. The fourth-order valence-electron chi connectivity index (χ4n) is 5.55. The average Bonchev–Trinajstić information content (AvgIpc) is 3.31. The van der Waals surface area contributed by atoms with Crippen molar-refractivity contribution in [3.63, 3.8) is 0 Å². The average molecular weight is 450 g/mol. The minimum absolute atomic E-state index is 0.0634. The van der Waals surface area contributed by atoms with E-state index < -0.39 is 5.54 Å². The third-order valence-corrected chi connectivity index (χ3v) is 8.14. The topological polar surface area (TPSA) is 54.3 Å². The zero-order chi connectivity index (χ0) is 22.6. The zero-order valence-electron chi connectivity index (χ0n) is 19.3. The first kappa shape index (κ1) is 21.3. The van der Waals surface area contributed by atoms with Gasteiger partial charge < -0.3 is 9.88 Å². The number of aromatic nitrogens is 1. The molecule has 1 saturated carbocycles. The van der Waals surface area contributed by atoms with Crippen molar-refractivity contribution in [2.24, 2.45) is 5.92 Å². The van der Waals surface area contributed by atoms with Crippen molar-refractivity contribution in [3.8, 4) is 0 Å². The van der Waals surface area contributed by atoms with Crippen molar-refractivity contribution >= 4 is 39.1 Å². The van der Waals surface area contributed by atoms with Crippen molar-refractivity contribution in [3.05, 3.63) is 52.5 Å². The van der Waals surface area contributed by atoms with Crippen LogP contribution in [-0.4, -0.2) is 28.0 Å². The Hall–Kier alpha value is -2.60. The van der Waals surface area contributed by atoms with Gasteiger partial charge in [0.25, 0.3) is 5.91 Å². The lowest BCUT2D eigenvalue weighted by molar-refractivity contribution is -0.127. The second-order valence-corrected chi connectivity index (χ2v) is 10.8. The van der Waals surface area contributed by atoms with Crippen LogP contribution in [0.1, 0.15) is 61.1 Å². The Balaban J connectivity index is 1.61. The van der Waals surface area contributed by atoms with Crippen LogP contribution in [0.5, 0.6) is 0 Å². The summed E-state index contributed by atoms with van der Waals surface area (Å²) >= 11 is 1.63. The molecule has 1 aromatic carbocycles. The summed E-state index contributed by atoms with van der Waals surface area (Å²) in [6.07, 6.45) is 4.51. The molecule has 5 rings (SSSR count). The maximum Gasteiger partial charge on any atom is 0.275 e. The molecule has 1 aliphatic carbocycles. The smallest absolute Gasteiger partial charge is 0.275 e. The molecule has 2 aliphatic rings. The van der Waals surface area contributed by atoms with Gasteiger partial charge in [-0.3, -0.25) is 14.5 Å². The van der Waals surface area contributed by atoms with Crippen molar-refractivity contribution in [1.82, 2.24) is 9.88 Å². The molecule has 3 aromatic rings. The van der Waals surface area contributed by atoms with Gasteiger partial charge in [0, 0.05) is 11.7 Å². The van der Waals surface area contributed by atoms with E-state index >= 15 is 0 Å². The van der Waals surface area contributed by atoms with Crippen LogP contribution < -0.4 is 10.2 Å². The summed E-state index contributed by atoms with van der Waals surface area (Å²) in [5, 5.41) is 5.39. The van der Waals surface area contributed by atoms with Crippen LogP contribution >= 0.6 is 11.3 Å². The van der Waals surface area contributed by atoms with Crippen LogP contribution in [0.3, 0.4) is 0 Å². The van der Waals surface area contributed by atoms with E-state index in [4.69, 9.17) is 0 Å². The Labute approximate surface area is 193 Å². The molecule has 0 radical (unpaired) electrons. The summed E-state index contributed by atoms with van der Waals surface area (Å²) in [6, 6.07) is 10.3. The van der Waals surface area contributed by atoms with Gasteiger partial charge in [-0.2, -0.15) is 0 Å². The number of nitrogens with zero attached hydrogens (tertiary/aromatic N) is 2. The third-order valence-electron chi connectivity index (χ3n) is 7.29. The third kappa shape index (κ3) is 3.36. The molecule has 1 aliphatic heterocycles. The highest BCUT2D eigenvalue weighted by molar-refractivity contribution is 7.17. The van der Waals surface area contributed by atoms with Crippen LogP contribution in [0.25, 0.3) is 10.2 Å². The van der Waals surface area contributed by atoms with Gasteiger partial charge in [-0.1, -0.05) is 25.8 Å². The van der Waals surface area contributed by atoms with Gasteiger partial charge in [0.1, 0.15) is 11.2 Å². The van der Waals surface area contributed by atoms with Gasteiger partial charge in [-0.05, 0) is 80.3 Å². The monoisotopic (exact) mass is 449 g/mol. The fraction of sp³-hybridized carbons (Fsp3) is 0.462. The van der Waals surface area contributed by atoms with Gasteiger partial charge in [0.2, 0.25) is 5.91 Å². The van der Waals surface area contributed by atoms with E-state index in [1.54, 1.807) is 16.2 Å². The molecule has 6 heteroatoms. The Kier molecular flexibility index (Phi) is 5.16. The highest BCUT2D eigenvalue weighted by Crippen LogP contribution is 2.38. The second kappa shape index (κ2) is 7.77. The van der Waals surface area contributed by atoms with Crippen molar-refractivity contribution < 1.29 is 9.59 Å². The van der Waals surface area contributed by atoms with E-state index in [0.29, 0.717) is 18.2 Å². The number of benzene rings is 1. The Bertz CT molecular complexity index is 1190. The maximum absolute atomic E-state index is 13.9. The number of amides is 2. The molecule has 0 saturated heterocycles. The van der Waals surface area contributed by atoms with Crippen LogP contribution in [0.4, 0.5) is 5.69 Å². The molecule has 5 nitrogen and oxygen atoms in total. The summed E-state index contributed by atoms with van der Waals surface area (Å²) in [7, 11) is 0. The number of anilines is 1. The standard InChI is InChI=1S/C26H31N3O2S/c1-16-11-17(2)13-19(12-16)29-24(30)22-14-23-21(9-10-32-23)28(22)15-26(29,4)25(31)27-20-8-6-5-7-18(20)3/h9-14,18,20H,5-8,15H2,1-4H3,(H,27,31). The van der Waals surface area contributed by atoms with E-state index in [-0.39, 0.29) is 17.9 Å². The molecular weight excluding hydrogens is 418 g/mol. The normalized spacial score (nSPS) is 25.8. The lowest BCUT2D eigenvalue weighted by atomic mass is 9.84. The number of thiophene rings is 1. The maximum atomic E-state index is 13.9. The van der Waals surface area contributed by atoms with E-state index in [1.165, 1.54) is 6.42 Å². The predicted octanol–water partition coefficient (Wildman–Crippen LogP) is 5.43. The minimum Gasteiger partial charge on any atom is -0.351 e. The summed E-state index contributed by atoms with van der Waals surface area (Å²) in [4.78, 5) is 29.6. The molecule has 0 spiro atoms. The summed E-state index contributed by atoms with van der Waals surface area (Å²) in [5.41, 5.74) is 3.62. The molecule has 1 N–H and O–H groups in total. The highest BCUT2D eigenvalue weighted by Gasteiger charge is 2.49. The number of aryl methyl sites for hydroxylation is 2. The molecule has 3 heterocycles. The lowest BCUT2D eigenvalue weighted by Gasteiger charge is -2.45. The predicted molar refractivity (Wildman–Crippen MR) is 131 cm³/mol. The van der Waals surface area contributed by atoms with Crippen molar-refractivity contribution in [2.75, 3.05) is 4.90 Å². The van der Waals surface area contributed by atoms with Crippen LogP contribution in [0.2, 0.25) is 0 Å². The van der Waals surface area contributed by atoms with Gasteiger partial charge in [0.15, 0.2) is 0 Å². The number of carbonyl (C=O) groups excluding carboxylic acids is 2. The number of carbonyl (C=O) groups is 2. The van der Waals surface area contributed by atoms with Crippen LogP contribution in [-0.2, 0) is 11.3 Å². The molecule has 3 unspecified atom stereocenters. The first-order chi connectivity index (χ1) is 15.3. The zero-order valence-corrected chi connectivity index (χ0v) is 20.1. The van der Waals surface area contributed by atoms with Gasteiger partial charge in [0.05, 0.1) is 16.8 Å². The van der Waals surface area contributed by atoms with E-state index in [2.05, 4.69) is 18.3 Å². The van der Waals surface area contributed by atoms with Crippen LogP contribution in [0, 0.1) is 19.8 Å². The summed E-state index contributed by atoms with van der Waals surface area (Å²) in [6.45, 7) is 8.65. The van der Waals surface area contributed by atoms with Gasteiger partial charge in [-0.25, -0.2) is 0 Å². The van der Waals surface area contributed by atoms with Crippen molar-refractivity contribution in [2.45, 2.75) is 71.5 Å². The molecule has 32 heavy (non-hydrogen) atoms. The fourth-order valence-corrected chi connectivity index (χ4v) is 6.37. The molecule has 3 atom stereocenters. The second-order valence-electron chi connectivity index (χ2n) is 9.89. The number of hydrogen-bond donors (Lipinski definition) is 1. The highest BCUT2D eigenvalue weighted by atomic mass is 32.1. The number of fused-ring (bicyclic) bond motifs is 3. The quantitative estimate of drug-likeness (QED) is 0.579. The van der Waals surface area contributed by atoms with Crippen molar-refractivity contribution in [1.29, 1.82) is 0 Å². The first-order valence-electron chi connectivity index (χ1n) is 11.6. The number of nitrogens with one attached hydrogen (secondary N) is 1. The van der Waals surface area contributed by atoms with Crippen LogP contribution in [0.15, 0.2) is 35.7 Å². The summed E-state index contributed by atoms with van der Waals surface area (Å²) < 4.78 is 3.12. The largest absolute Gasteiger partial charge is 0.351 e. The lowest BCUT2D eigenvalue weighted by Crippen LogP contribution is -2.65. The van der Waals surface area contributed by atoms with E-state index in [9.17, 15) is 9.59 Å². The Morgan fingerprint density at radius 3 is 2.56 bits per heavy atom. The van der Waals surface area contributed by atoms with E-state index in [1.807, 2.05) is 55.0 Å². The van der Waals surface area contributed by atoms with Gasteiger partial charge in [-0.15, -0.1) is 11.3 Å². The molecule has 168 valence electrons. The molecule has 2 aromatic heterocycles. The Morgan fingerprint density at radius 1 is 1.12 bits per heavy atom. The minimum atomic E-state index is -1.02. The molecule has 0 bridgehead atoms. The van der Waals surface area contributed by atoms with Gasteiger partial charge >= 0.3 is 0 Å². The Morgan fingerprint density at radius 2 is 1.84 bits per heavy atom.